The molecule has 2 heterocycles. The average Bonchev–Trinajstić information content (AvgIpc) is 2.98. The zero-order valence-electron chi connectivity index (χ0n) is 10.6. The topological polar surface area (TPSA) is 38.7 Å². The van der Waals surface area contributed by atoms with Crippen molar-refractivity contribution in [3.8, 4) is 0 Å². The third-order valence-corrected chi connectivity index (χ3v) is 4.80. The van der Waals surface area contributed by atoms with Gasteiger partial charge in [-0.05, 0) is 64.7 Å². The van der Waals surface area contributed by atoms with Crippen molar-refractivity contribution < 1.29 is 9.53 Å². The molecule has 0 unspecified atom stereocenters. The van der Waals surface area contributed by atoms with Gasteiger partial charge in [0, 0.05) is 8.45 Å². The lowest BCUT2D eigenvalue weighted by molar-refractivity contribution is -0.129. The molecule has 0 saturated carbocycles. The van der Waals surface area contributed by atoms with Crippen LogP contribution in [-0.4, -0.2) is 11.9 Å². The predicted octanol–water partition coefficient (Wildman–Crippen LogP) is 4.01. The maximum absolute atomic E-state index is 11.9. The number of carbonyl (C=O) groups excluding carboxylic acids is 1. The summed E-state index contributed by atoms with van der Waals surface area (Å²) in [5, 5.41) is 1.99. The zero-order valence-corrected chi connectivity index (χ0v) is 13.6. The first-order valence-electron chi connectivity index (χ1n) is 5.97. The summed E-state index contributed by atoms with van der Waals surface area (Å²) in [6, 6.07) is 9.71. The minimum atomic E-state index is -0.396. The molecule has 0 bridgehead atoms. The lowest BCUT2D eigenvalue weighted by atomic mass is 10.2. The van der Waals surface area contributed by atoms with Crippen molar-refractivity contribution in [1.29, 1.82) is 0 Å². The first-order valence-corrected chi connectivity index (χ1v) is 7.92. The van der Waals surface area contributed by atoms with Gasteiger partial charge in [-0.15, -0.1) is 11.3 Å². The second-order valence-electron chi connectivity index (χ2n) is 4.28. The van der Waals surface area contributed by atoms with Crippen LogP contribution in [0.2, 0.25) is 0 Å². The number of ether oxygens (including phenoxy) is 1. The number of aliphatic imine (C=N–C) groups is 1. The Morgan fingerprint density at radius 2 is 2.10 bits per heavy atom. The quantitative estimate of drug-likeness (QED) is 0.438. The van der Waals surface area contributed by atoms with Crippen LogP contribution >= 0.6 is 33.9 Å². The molecule has 3 nitrogen and oxygen atoms in total. The first kappa shape index (κ1) is 13.5. The number of hydrogen-bond donors (Lipinski definition) is 0. The number of aryl methyl sites for hydroxylation is 1. The van der Waals surface area contributed by atoms with Crippen LogP contribution in [0.15, 0.2) is 46.4 Å². The predicted molar refractivity (Wildman–Crippen MR) is 88.8 cm³/mol. The van der Waals surface area contributed by atoms with E-state index in [1.54, 1.807) is 17.4 Å². The fourth-order valence-electron chi connectivity index (χ4n) is 1.82. The number of benzene rings is 1. The summed E-state index contributed by atoms with van der Waals surface area (Å²) < 4.78 is 6.28. The largest absolute Gasteiger partial charge is 0.402 e. The Hall–Kier alpha value is -1.47. The van der Waals surface area contributed by atoms with Gasteiger partial charge >= 0.3 is 5.97 Å². The molecule has 20 heavy (non-hydrogen) atoms. The molecule has 3 rings (SSSR count). The summed E-state index contributed by atoms with van der Waals surface area (Å²) >= 11 is 3.79. The summed E-state index contributed by atoms with van der Waals surface area (Å²) in [7, 11) is 0. The van der Waals surface area contributed by atoms with Gasteiger partial charge in [0.1, 0.15) is 0 Å². The zero-order chi connectivity index (χ0) is 14.1. The van der Waals surface area contributed by atoms with E-state index in [1.807, 2.05) is 42.6 Å². The van der Waals surface area contributed by atoms with Gasteiger partial charge in [-0.2, -0.15) is 0 Å². The van der Waals surface area contributed by atoms with E-state index in [9.17, 15) is 4.79 Å². The molecule has 1 aromatic carbocycles. The fraction of sp³-hybridized carbons (Fsp3) is 0.0667. The van der Waals surface area contributed by atoms with Crippen molar-refractivity contribution in [2.24, 2.45) is 4.99 Å². The normalized spacial score (nSPS) is 16.4. The van der Waals surface area contributed by atoms with Crippen LogP contribution in [0, 0.1) is 10.5 Å². The molecule has 0 aliphatic carbocycles. The number of rotatable bonds is 2. The molecule has 0 spiro atoms. The monoisotopic (exact) mass is 395 g/mol. The maximum atomic E-state index is 11.9. The Morgan fingerprint density at radius 1 is 1.30 bits per heavy atom. The molecule has 0 atom stereocenters. The number of halogens is 1. The van der Waals surface area contributed by atoms with Crippen molar-refractivity contribution in [3.05, 3.63) is 61.0 Å². The molecule has 1 aromatic heterocycles. The Bertz CT molecular complexity index is 746. The van der Waals surface area contributed by atoms with Crippen molar-refractivity contribution >= 4 is 51.9 Å². The average molecular weight is 395 g/mol. The fourth-order valence-corrected chi connectivity index (χ4v) is 3.29. The van der Waals surface area contributed by atoms with Crippen LogP contribution in [0.1, 0.15) is 16.0 Å². The minimum Gasteiger partial charge on any atom is -0.402 e. The molecule has 2 aromatic rings. The van der Waals surface area contributed by atoms with Crippen molar-refractivity contribution in [2.75, 3.05) is 0 Å². The lowest BCUT2D eigenvalue weighted by Crippen LogP contribution is -2.06. The van der Waals surface area contributed by atoms with Crippen molar-refractivity contribution in [1.82, 2.24) is 0 Å². The Labute approximate surface area is 134 Å². The number of carbonyl (C=O) groups is 1. The van der Waals surface area contributed by atoms with Gasteiger partial charge < -0.3 is 4.74 Å². The van der Waals surface area contributed by atoms with Crippen LogP contribution in [0.3, 0.4) is 0 Å². The second kappa shape index (κ2) is 5.49. The molecule has 0 fully saturated rings. The van der Waals surface area contributed by atoms with Crippen molar-refractivity contribution in [2.45, 2.75) is 6.92 Å². The molecule has 0 amide bonds. The van der Waals surface area contributed by atoms with Gasteiger partial charge in [0.25, 0.3) is 0 Å². The standard InChI is InChI=1S/C15H10INO2S/c1-9-6-7-20-13(9)8-12-15(18)19-14(17-12)10-4-2-3-5-11(10)16/h2-8H,1H3/b12-8+. The smallest absolute Gasteiger partial charge is 0.363 e. The highest BCUT2D eigenvalue weighted by Crippen LogP contribution is 2.24. The summed E-state index contributed by atoms with van der Waals surface area (Å²) in [6.07, 6.45) is 1.78. The van der Waals surface area contributed by atoms with Gasteiger partial charge in [-0.1, -0.05) is 12.1 Å². The first-order chi connectivity index (χ1) is 9.65. The van der Waals surface area contributed by atoms with E-state index in [0.717, 1.165) is 19.6 Å². The van der Waals surface area contributed by atoms with E-state index >= 15 is 0 Å². The second-order valence-corrected chi connectivity index (χ2v) is 6.39. The molecule has 1 aliphatic rings. The molecule has 0 saturated heterocycles. The molecule has 100 valence electrons. The number of esters is 1. The van der Waals surface area contributed by atoms with Gasteiger partial charge in [0.15, 0.2) is 5.70 Å². The number of hydrogen-bond acceptors (Lipinski definition) is 4. The van der Waals surface area contributed by atoms with Gasteiger partial charge in [0.2, 0.25) is 5.90 Å². The summed E-state index contributed by atoms with van der Waals surface area (Å²) in [5.74, 6) is -0.0205. The molecular formula is C15H10INO2S. The van der Waals surface area contributed by atoms with Gasteiger partial charge in [-0.25, -0.2) is 9.79 Å². The third kappa shape index (κ3) is 2.55. The van der Waals surface area contributed by atoms with E-state index < -0.39 is 5.97 Å². The third-order valence-electron chi connectivity index (χ3n) is 2.89. The highest BCUT2D eigenvalue weighted by atomic mass is 127. The minimum absolute atomic E-state index is 0.352. The van der Waals surface area contributed by atoms with Crippen LogP contribution in [0.25, 0.3) is 6.08 Å². The van der Waals surface area contributed by atoms with E-state index in [0.29, 0.717) is 11.6 Å². The summed E-state index contributed by atoms with van der Waals surface area (Å²) in [4.78, 5) is 17.3. The molecule has 0 radical (unpaired) electrons. The number of thiophene rings is 1. The molecular weight excluding hydrogens is 385 g/mol. The highest BCUT2D eigenvalue weighted by molar-refractivity contribution is 14.1. The Morgan fingerprint density at radius 3 is 2.80 bits per heavy atom. The summed E-state index contributed by atoms with van der Waals surface area (Å²) in [5.41, 5.74) is 2.33. The van der Waals surface area contributed by atoms with Crippen LogP contribution in [0.5, 0.6) is 0 Å². The van der Waals surface area contributed by atoms with Crippen LogP contribution < -0.4 is 0 Å². The van der Waals surface area contributed by atoms with E-state index in [1.165, 1.54) is 0 Å². The highest BCUT2D eigenvalue weighted by Gasteiger charge is 2.25. The van der Waals surface area contributed by atoms with E-state index in [2.05, 4.69) is 27.6 Å². The SMILES string of the molecule is Cc1ccsc1/C=C1/N=C(c2ccccc2I)OC1=O. The van der Waals surface area contributed by atoms with Gasteiger partial charge in [-0.3, -0.25) is 0 Å². The Kier molecular flexibility index (Phi) is 3.71. The van der Waals surface area contributed by atoms with Crippen molar-refractivity contribution in [3.63, 3.8) is 0 Å². The Balaban J connectivity index is 2.00. The van der Waals surface area contributed by atoms with E-state index in [-0.39, 0.29) is 0 Å². The lowest BCUT2D eigenvalue weighted by Gasteiger charge is -2.01. The van der Waals surface area contributed by atoms with Gasteiger partial charge in [0.05, 0.1) is 5.56 Å². The van der Waals surface area contributed by atoms with Crippen LogP contribution in [0.4, 0.5) is 0 Å². The van der Waals surface area contributed by atoms with Crippen LogP contribution in [-0.2, 0) is 9.53 Å². The number of cyclic esters (lactones) is 1. The van der Waals surface area contributed by atoms with E-state index in [4.69, 9.17) is 4.74 Å². The maximum Gasteiger partial charge on any atom is 0.363 e. The molecule has 5 heteroatoms. The molecule has 1 aliphatic heterocycles. The summed E-state index contributed by atoms with van der Waals surface area (Å²) in [6.45, 7) is 2.01. The number of nitrogens with zero attached hydrogens (tertiary/aromatic N) is 1. The molecule has 0 N–H and O–H groups in total.